The maximum atomic E-state index is 10.6. The fraction of sp³-hybridized carbons (Fsp3) is 0.0714. The molecule has 0 atom stereocenters. The second-order valence-corrected chi connectivity index (χ2v) is 3.59. The maximum Gasteiger partial charge on any atom is 0.293 e. The molecule has 0 bridgehead atoms. The van der Waals surface area contributed by atoms with E-state index >= 15 is 0 Å². The number of hydrogen-bond acceptors (Lipinski definition) is 1. The Hall–Kier alpha value is -2.27. The Morgan fingerprint density at radius 3 is 2.50 bits per heavy atom. The highest BCUT2D eigenvalue weighted by molar-refractivity contribution is 5.95. The van der Waals surface area contributed by atoms with Crippen LogP contribution in [0.25, 0.3) is 10.8 Å². The Morgan fingerprint density at radius 1 is 1.12 bits per heavy atom. The molecule has 0 fully saturated rings. The molecule has 0 aliphatic heterocycles. The first-order valence-corrected chi connectivity index (χ1v) is 4.98. The van der Waals surface area contributed by atoms with E-state index in [1.165, 1.54) is 5.56 Å². The van der Waals surface area contributed by atoms with Crippen LogP contribution in [0.3, 0.4) is 0 Å². The lowest BCUT2D eigenvalue weighted by Gasteiger charge is -2.03. The molecular weight excluding hydrogens is 198 g/mol. The van der Waals surface area contributed by atoms with Crippen LogP contribution in [0.4, 0.5) is 0 Å². The number of carbonyl (C=O) groups excluding carboxylic acids is 1. The summed E-state index contributed by atoms with van der Waals surface area (Å²) >= 11 is 0. The summed E-state index contributed by atoms with van der Waals surface area (Å²) in [5.74, 6) is 4.55. The molecule has 1 amide bonds. The number of primary amides is 1. The van der Waals surface area contributed by atoms with Gasteiger partial charge in [-0.1, -0.05) is 36.3 Å². The predicted octanol–water partition coefficient (Wildman–Crippen LogP) is 1.99. The van der Waals surface area contributed by atoms with Gasteiger partial charge in [0, 0.05) is 11.5 Å². The first-order chi connectivity index (χ1) is 7.68. The van der Waals surface area contributed by atoms with Gasteiger partial charge in [0.15, 0.2) is 0 Å². The lowest BCUT2D eigenvalue weighted by Crippen LogP contribution is -2.06. The number of rotatable bonds is 0. The second kappa shape index (κ2) is 4.08. The van der Waals surface area contributed by atoms with Crippen molar-refractivity contribution < 1.29 is 4.79 Å². The van der Waals surface area contributed by atoms with E-state index in [1.54, 1.807) is 0 Å². The topological polar surface area (TPSA) is 43.1 Å². The van der Waals surface area contributed by atoms with Crippen LogP contribution in [-0.4, -0.2) is 5.91 Å². The smallest absolute Gasteiger partial charge is 0.293 e. The van der Waals surface area contributed by atoms with Crippen LogP contribution in [0.5, 0.6) is 0 Å². The summed E-state index contributed by atoms with van der Waals surface area (Å²) in [6, 6.07) is 11.9. The fourth-order valence-electron chi connectivity index (χ4n) is 1.69. The molecule has 78 valence electrons. The monoisotopic (exact) mass is 209 g/mol. The van der Waals surface area contributed by atoms with Crippen molar-refractivity contribution in [1.82, 2.24) is 0 Å². The zero-order valence-corrected chi connectivity index (χ0v) is 8.95. The van der Waals surface area contributed by atoms with Gasteiger partial charge < -0.3 is 5.73 Å². The zero-order chi connectivity index (χ0) is 11.5. The molecule has 0 aliphatic rings. The van der Waals surface area contributed by atoms with Crippen molar-refractivity contribution in [2.75, 3.05) is 0 Å². The quantitative estimate of drug-likeness (QED) is 0.662. The van der Waals surface area contributed by atoms with Crippen molar-refractivity contribution in [2.45, 2.75) is 6.92 Å². The van der Waals surface area contributed by atoms with Crippen LogP contribution in [-0.2, 0) is 4.79 Å². The van der Waals surface area contributed by atoms with E-state index in [9.17, 15) is 4.79 Å². The first-order valence-electron chi connectivity index (χ1n) is 4.98. The SMILES string of the molecule is Cc1ccc(C#CC(N)=O)c2ccccc12. The highest BCUT2D eigenvalue weighted by Crippen LogP contribution is 2.21. The molecule has 0 aliphatic carbocycles. The third-order valence-electron chi connectivity index (χ3n) is 2.46. The van der Waals surface area contributed by atoms with Gasteiger partial charge in [0.05, 0.1) is 0 Å². The molecular formula is C14H11NO. The van der Waals surface area contributed by atoms with E-state index in [1.807, 2.05) is 43.3 Å². The minimum Gasteiger partial charge on any atom is -0.359 e. The summed E-state index contributed by atoms with van der Waals surface area (Å²) < 4.78 is 0. The van der Waals surface area contributed by atoms with Gasteiger partial charge >= 0.3 is 0 Å². The Morgan fingerprint density at radius 2 is 1.81 bits per heavy atom. The van der Waals surface area contributed by atoms with Crippen LogP contribution < -0.4 is 5.73 Å². The standard InChI is InChI=1S/C14H11NO/c1-10-6-7-11(8-9-14(15)16)13-5-3-2-4-12(10)13/h2-7H,1H3,(H2,15,16). The molecule has 0 unspecified atom stereocenters. The van der Waals surface area contributed by atoms with Gasteiger partial charge in [-0.25, -0.2) is 0 Å². The molecule has 2 aromatic rings. The molecule has 2 aromatic carbocycles. The molecule has 2 nitrogen and oxygen atoms in total. The van der Waals surface area contributed by atoms with E-state index in [2.05, 4.69) is 11.8 Å². The van der Waals surface area contributed by atoms with Crippen LogP contribution in [0.1, 0.15) is 11.1 Å². The van der Waals surface area contributed by atoms with E-state index in [0.29, 0.717) is 0 Å². The molecule has 2 heteroatoms. The summed E-state index contributed by atoms with van der Waals surface area (Å²) in [7, 11) is 0. The summed E-state index contributed by atoms with van der Waals surface area (Å²) in [4.78, 5) is 10.6. The minimum atomic E-state index is -0.607. The summed E-state index contributed by atoms with van der Waals surface area (Å²) in [6.07, 6.45) is 0. The van der Waals surface area contributed by atoms with E-state index in [-0.39, 0.29) is 0 Å². The largest absolute Gasteiger partial charge is 0.359 e. The lowest BCUT2D eigenvalue weighted by atomic mass is 10.0. The van der Waals surface area contributed by atoms with Gasteiger partial charge in [-0.3, -0.25) is 4.79 Å². The third kappa shape index (κ3) is 1.89. The van der Waals surface area contributed by atoms with Crippen molar-refractivity contribution in [3.05, 3.63) is 47.5 Å². The lowest BCUT2D eigenvalue weighted by molar-refractivity contribution is -0.112. The second-order valence-electron chi connectivity index (χ2n) is 3.59. The summed E-state index contributed by atoms with van der Waals surface area (Å²) in [5, 5.41) is 2.20. The molecule has 0 saturated carbocycles. The number of fused-ring (bicyclic) bond motifs is 1. The predicted molar refractivity (Wildman–Crippen MR) is 64.8 cm³/mol. The molecule has 0 radical (unpaired) electrons. The van der Waals surface area contributed by atoms with Crippen molar-refractivity contribution in [3.8, 4) is 11.8 Å². The third-order valence-corrected chi connectivity index (χ3v) is 2.46. The van der Waals surface area contributed by atoms with Crippen LogP contribution >= 0.6 is 0 Å². The highest BCUT2D eigenvalue weighted by atomic mass is 16.1. The fourth-order valence-corrected chi connectivity index (χ4v) is 1.69. The molecule has 0 aromatic heterocycles. The molecule has 0 saturated heterocycles. The van der Waals surface area contributed by atoms with Crippen LogP contribution in [0.2, 0.25) is 0 Å². The van der Waals surface area contributed by atoms with Crippen molar-refractivity contribution >= 4 is 16.7 Å². The van der Waals surface area contributed by atoms with Gasteiger partial charge in [-0.05, 0) is 29.3 Å². The van der Waals surface area contributed by atoms with Gasteiger partial charge in [-0.2, -0.15) is 0 Å². The maximum absolute atomic E-state index is 10.6. The molecule has 16 heavy (non-hydrogen) atoms. The average Bonchev–Trinajstić information content (AvgIpc) is 2.28. The normalized spacial score (nSPS) is 9.56. The van der Waals surface area contributed by atoms with Crippen molar-refractivity contribution in [1.29, 1.82) is 0 Å². The summed E-state index contributed by atoms with van der Waals surface area (Å²) in [6.45, 7) is 2.05. The Bertz CT molecular complexity index is 617. The zero-order valence-electron chi connectivity index (χ0n) is 8.95. The number of amides is 1. The van der Waals surface area contributed by atoms with Gasteiger partial charge in [0.2, 0.25) is 0 Å². The molecule has 2 rings (SSSR count). The van der Waals surface area contributed by atoms with Crippen molar-refractivity contribution in [2.24, 2.45) is 5.73 Å². The van der Waals surface area contributed by atoms with E-state index in [4.69, 9.17) is 5.73 Å². The number of nitrogens with two attached hydrogens (primary N) is 1. The Balaban J connectivity index is 2.69. The Kier molecular flexibility index (Phi) is 2.61. The van der Waals surface area contributed by atoms with Crippen molar-refractivity contribution in [3.63, 3.8) is 0 Å². The number of hydrogen-bond donors (Lipinski definition) is 1. The van der Waals surface area contributed by atoms with Gasteiger partial charge in [0.1, 0.15) is 0 Å². The highest BCUT2D eigenvalue weighted by Gasteiger charge is 2.00. The van der Waals surface area contributed by atoms with Crippen LogP contribution in [0, 0.1) is 18.8 Å². The van der Waals surface area contributed by atoms with E-state index < -0.39 is 5.91 Å². The molecule has 0 spiro atoms. The first kappa shape index (κ1) is 10.3. The van der Waals surface area contributed by atoms with Gasteiger partial charge in [-0.15, -0.1) is 0 Å². The Labute approximate surface area is 94.1 Å². The summed E-state index contributed by atoms with van der Waals surface area (Å²) in [5.41, 5.74) is 7.03. The molecule has 2 N–H and O–H groups in total. The van der Waals surface area contributed by atoms with Crippen LogP contribution in [0.15, 0.2) is 36.4 Å². The van der Waals surface area contributed by atoms with Gasteiger partial charge in [0.25, 0.3) is 5.91 Å². The minimum absolute atomic E-state index is 0.607. The number of aryl methyl sites for hydroxylation is 1. The van der Waals surface area contributed by atoms with E-state index in [0.717, 1.165) is 16.3 Å². The molecule has 0 heterocycles. The number of carbonyl (C=O) groups is 1. The average molecular weight is 209 g/mol. The number of benzene rings is 2.